The quantitative estimate of drug-likeness (QED) is 0.322. The largest absolute Gasteiger partial charge is 0.490 e. The lowest BCUT2D eigenvalue weighted by Crippen LogP contribution is -2.48. The summed E-state index contributed by atoms with van der Waals surface area (Å²) in [4.78, 5) is 20.5. The van der Waals surface area contributed by atoms with Crippen LogP contribution in [0.5, 0.6) is 5.75 Å². The van der Waals surface area contributed by atoms with E-state index in [2.05, 4.69) is 24.4 Å². The van der Waals surface area contributed by atoms with Crippen molar-refractivity contribution in [3.63, 3.8) is 0 Å². The molecule has 0 spiro atoms. The van der Waals surface area contributed by atoms with E-state index in [1.165, 1.54) is 12.3 Å². The standard InChI is InChI=1S/C18H22N8O3S/c1-18(2,24-16(27)10-6-7-22-13(8-10)23-17(20)21)9-29-12-5-3-4-11-14(12)15(19)26-30(28)25-11/h3-8,25H,9H2,1-2H3,(H2,19,26)(H,24,27)(H4,20,21,22,23). The van der Waals surface area contributed by atoms with Crippen molar-refractivity contribution < 1.29 is 13.7 Å². The van der Waals surface area contributed by atoms with E-state index in [0.29, 0.717) is 22.6 Å². The number of fused-ring (bicyclic) bond motifs is 1. The van der Waals surface area contributed by atoms with Gasteiger partial charge in [0.15, 0.2) is 11.8 Å². The first-order chi connectivity index (χ1) is 14.1. The number of carbonyl (C=O) groups is 1. The summed E-state index contributed by atoms with van der Waals surface area (Å²) < 4.78 is 24.1. The van der Waals surface area contributed by atoms with Crippen LogP contribution in [0.2, 0.25) is 0 Å². The molecule has 3 rings (SSSR count). The molecule has 1 aromatic carbocycles. The predicted molar refractivity (Wildman–Crippen MR) is 116 cm³/mol. The van der Waals surface area contributed by atoms with Crippen molar-refractivity contribution in [1.82, 2.24) is 10.3 Å². The van der Waals surface area contributed by atoms with E-state index in [4.69, 9.17) is 21.9 Å². The van der Waals surface area contributed by atoms with Crippen LogP contribution in [-0.4, -0.2) is 39.0 Å². The maximum atomic E-state index is 12.6. The number of nitrogens with one attached hydrogen (secondary N) is 2. The third-order valence-electron chi connectivity index (χ3n) is 3.95. The first kappa shape index (κ1) is 21.0. The molecule has 0 saturated carbocycles. The first-order valence-electron chi connectivity index (χ1n) is 8.82. The highest BCUT2D eigenvalue weighted by atomic mass is 32.2. The average molecular weight is 430 g/mol. The van der Waals surface area contributed by atoms with Crippen LogP contribution in [0.4, 0.5) is 11.5 Å². The Balaban J connectivity index is 1.71. The molecule has 0 radical (unpaired) electrons. The fraction of sp³-hybridized carbons (Fsp3) is 0.222. The van der Waals surface area contributed by atoms with Gasteiger partial charge >= 0.3 is 0 Å². The second-order valence-electron chi connectivity index (χ2n) is 7.07. The van der Waals surface area contributed by atoms with Crippen molar-refractivity contribution in [2.75, 3.05) is 11.3 Å². The van der Waals surface area contributed by atoms with Gasteiger partial charge in [-0.25, -0.2) is 9.19 Å². The number of hydrogen-bond acceptors (Lipinski definition) is 6. The maximum absolute atomic E-state index is 12.6. The van der Waals surface area contributed by atoms with Gasteiger partial charge in [0.25, 0.3) is 5.91 Å². The van der Waals surface area contributed by atoms with E-state index in [-0.39, 0.29) is 30.1 Å². The Morgan fingerprint density at radius 3 is 2.83 bits per heavy atom. The minimum absolute atomic E-state index is 0.114. The Labute approximate surface area is 175 Å². The van der Waals surface area contributed by atoms with E-state index in [1.807, 2.05) is 13.8 Å². The highest BCUT2D eigenvalue weighted by Gasteiger charge is 2.25. The minimum Gasteiger partial charge on any atom is -0.490 e. The van der Waals surface area contributed by atoms with Gasteiger partial charge in [-0.3, -0.25) is 9.52 Å². The molecule has 1 unspecified atom stereocenters. The van der Waals surface area contributed by atoms with Crippen LogP contribution >= 0.6 is 0 Å². The second-order valence-corrected chi connectivity index (χ2v) is 7.96. The number of nitrogens with zero attached hydrogens (tertiary/aromatic N) is 3. The van der Waals surface area contributed by atoms with Crippen LogP contribution in [0.25, 0.3) is 0 Å². The van der Waals surface area contributed by atoms with Crippen LogP contribution in [0, 0.1) is 0 Å². The van der Waals surface area contributed by atoms with Crippen molar-refractivity contribution >= 4 is 40.4 Å². The summed E-state index contributed by atoms with van der Waals surface area (Å²) in [7, 11) is 0. The Hall–Kier alpha value is -3.67. The zero-order chi connectivity index (χ0) is 21.9. The van der Waals surface area contributed by atoms with Crippen molar-refractivity contribution in [3.05, 3.63) is 47.7 Å². The van der Waals surface area contributed by atoms with Gasteiger partial charge in [0.2, 0.25) is 11.2 Å². The smallest absolute Gasteiger partial charge is 0.252 e. The number of rotatable bonds is 6. The SMILES string of the molecule is CC(C)(COc1cccc2c1C(N)=NS(=O)N2)NC(=O)c1ccnc(N=C(N)N)c1. The fourth-order valence-corrected chi connectivity index (χ4v) is 3.35. The zero-order valence-electron chi connectivity index (χ0n) is 16.4. The summed E-state index contributed by atoms with van der Waals surface area (Å²) in [6.07, 6.45) is 1.44. The number of hydrogen-bond donors (Lipinski definition) is 5. The number of pyridine rings is 1. The monoisotopic (exact) mass is 430 g/mol. The van der Waals surface area contributed by atoms with Crippen LogP contribution < -0.4 is 32.0 Å². The molecule has 0 fully saturated rings. The summed E-state index contributed by atoms with van der Waals surface area (Å²) in [6.45, 7) is 3.75. The van der Waals surface area contributed by atoms with Crippen molar-refractivity contribution in [3.8, 4) is 5.75 Å². The molecule has 1 aromatic heterocycles. The van der Waals surface area contributed by atoms with Crippen LogP contribution in [0.15, 0.2) is 45.9 Å². The molecule has 1 atom stereocenters. The average Bonchev–Trinajstić information content (AvgIpc) is 2.65. The normalized spacial score (nSPS) is 15.3. The topological polar surface area (TPSA) is 183 Å². The molecule has 2 heterocycles. The highest BCUT2D eigenvalue weighted by molar-refractivity contribution is 7.85. The summed E-state index contributed by atoms with van der Waals surface area (Å²) in [6, 6.07) is 8.22. The van der Waals surface area contributed by atoms with Crippen LogP contribution in [0.3, 0.4) is 0 Å². The molecule has 1 amide bonds. The molecule has 11 nitrogen and oxygen atoms in total. The molecule has 0 saturated heterocycles. The first-order valence-corrected chi connectivity index (χ1v) is 9.92. The van der Waals surface area contributed by atoms with Gasteiger partial charge in [0, 0.05) is 11.8 Å². The van der Waals surface area contributed by atoms with E-state index in [0.717, 1.165) is 0 Å². The Morgan fingerprint density at radius 2 is 2.10 bits per heavy atom. The number of amidine groups is 1. The van der Waals surface area contributed by atoms with Gasteiger partial charge in [-0.1, -0.05) is 6.07 Å². The number of guanidine groups is 1. The Morgan fingerprint density at radius 1 is 1.33 bits per heavy atom. The number of aliphatic imine (C=N–C) groups is 1. The number of amides is 1. The molecular formula is C18H22N8O3S. The molecule has 1 aliphatic heterocycles. The molecule has 2 aromatic rings. The van der Waals surface area contributed by atoms with E-state index in [9.17, 15) is 9.00 Å². The van der Waals surface area contributed by atoms with Gasteiger partial charge in [0.1, 0.15) is 18.2 Å². The third-order valence-corrected chi connectivity index (χ3v) is 4.71. The number of benzene rings is 1. The summed E-state index contributed by atoms with van der Waals surface area (Å²) in [5, 5.41) is 2.89. The van der Waals surface area contributed by atoms with Gasteiger partial charge in [-0.2, -0.15) is 9.39 Å². The summed E-state index contributed by atoms with van der Waals surface area (Å²) in [5.41, 5.74) is 17.3. The summed E-state index contributed by atoms with van der Waals surface area (Å²) >= 11 is -1.63. The van der Waals surface area contributed by atoms with Gasteiger partial charge in [-0.15, -0.1) is 0 Å². The van der Waals surface area contributed by atoms with E-state index >= 15 is 0 Å². The number of anilines is 1. The molecule has 0 aliphatic carbocycles. The maximum Gasteiger partial charge on any atom is 0.252 e. The lowest BCUT2D eigenvalue weighted by molar-refractivity contribution is 0.0880. The third kappa shape index (κ3) is 5.03. The number of carbonyl (C=O) groups excluding carboxylic acids is 1. The van der Waals surface area contributed by atoms with Crippen molar-refractivity contribution in [2.45, 2.75) is 19.4 Å². The predicted octanol–water partition coefficient (Wildman–Crippen LogP) is 0.283. The molecule has 158 valence electrons. The van der Waals surface area contributed by atoms with E-state index < -0.39 is 16.7 Å². The minimum atomic E-state index is -1.63. The molecule has 8 N–H and O–H groups in total. The number of aromatic nitrogens is 1. The Kier molecular flexibility index (Phi) is 5.87. The Bertz CT molecular complexity index is 1060. The molecule has 30 heavy (non-hydrogen) atoms. The molecule has 1 aliphatic rings. The van der Waals surface area contributed by atoms with Crippen LogP contribution in [0.1, 0.15) is 29.8 Å². The highest BCUT2D eigenvalue weighted by Crippen LogP contribution is 2.30. The van der Waals surface area contributed by atoms with Crippen molar-refractivity contribution in [1.29, 1.82) is 0 Å². The second kappa shape index (κ2) is 8.37. The van der Waals surface area contributed by atoms with Gasteiger partial charge in [0.05, 0.1) is 16.8 Å². The fourth-order valence-electron chi connectivity index (χ4n) is 2.68. The van der Waals surface area contributed by atoms with Crippen molar-refractivity contribution in [2.24, 2.45) is 26.6 Å². The number of nitrogens with two attached hydrogens (primary N) is 3. The zero-order valence-corrected chi connectivity index (χ0v) is 17.2. The number of ether oxygens (including phenoxy) is 1. The lowest BCUT2D eigenvalue weighted by atomic mass is 10.1. The molecule has 12 heteroatoms. The molecular weight excluding hydrogens is 408 g/mol. The van der Waals surface area contributed by atoms with Crippen LogP contribution in [-0.2, 0) is 11.2 Å². The lowest BCUT2D eigenvalue weighted by Gasteiger charge is -2.27. The summed E-state index contributed by atoms with van der Waals surface area (Å²) in [5.74, 6) is 0.308. The van der Waals surface area contributed by atoms with Gasteiger partial charge in [-0.05, 0) is 38.1 Å². The van der Waals surface area contributed by atoms with E-state index in [1.54, 1.807) is 24.3 Å². The molecule has 0 bridgehead atoms. The van der Waals surface area contributed by atoms with Gasteiger partial charge < -0.3 is 27.3 Å².